The maximum absolute atomic E-state index is 12.5. The van der Waals surface area contributed by atoms with Gasteiger partial charge in [0, 0.05) is 7.05 Å². The summed E-state index contributed by atoms with van der Waals surface area (Å²) >= 11 is 0. The lowest BCUT2D eigenvalue weighted by atomic mass is 9.80. The van der Waals surface area contributed by atoms with Crippen LogP contribution in [0.4, 0.5) is 0 Å². The molecule has 1 aliphatic rings. The van der Waals surface area contributed by atoms with E-state index in [-0.39, 0.29) is 5.75 Å². The first-order valence-electron chi connectivity index (χ1n) is 9.01. The number of nitrogens with zero attached hydrogens (tertiary/aromatic N) is 1. The molecule has 1 aliphatic carbocycles. The van der Waals surface area contributed by atoms with Gasteiger partial charge < -0.3 is 10.0 Å². The van der Waals surface area contributed by atoms with Crippen LogP contribution in [0.5, 0.6) is 0 Å². The Bertz CT molecular complexity index is 724. The molecule has 6 nitrogen and oxygen atoms in total. The zero-order valence-electron chi connectivity index (χ0n) is 15.2. The lowest BCUT2D eigenvalue weighted by Gasteiger charge is -2.41. The molecule has 1 aromatic carbocycles. The average molecular weight is 381 g/mol. The van der Waals surface area contributed by atoms with Crippen LogP contribution in [-0.4, -0.2) is 54.4 Å². The largest absolute Gasteiger partial charge is 0.479 e. The molecule has 0 aromatic heterocycles. The number of likely N-dealkylation sites (N-methyl/N-ethyl adjacent to an activating group) is 1. The highest BCUT2D eigenvalue weighted by Crippen LogP contribution is 2.33. The van der Waals surface area contributed by atoms with Crippen LogP contribution in [0, 0.1) is 0 Å². The number of aryl methyl sites for hydroxylation is 1. The number of hydrogen-bond acceptors (Lipinski definition) is 4. The van der Waals surface area contributed by atoms with E-state index in [2.05, 4.69) is 0 Å². The van der Waals surface area contributed by atoms with Crippen molar-refractivity contribution in [2.24, 2.45) is 0 Å². The van der Waals surface area contributed by atoms with Gasteiger partial charge in [0.2, 0.25) is 5.91 Å². The molecule has 1 N–H and O–H groups in total. The third-order valence-corrected chi connectivity index (χ3v) is 6.80. The van der Waals surface area contributed by atoms with E-state index in [0.29, 0.717) is 25.7 Å². The first-order chi connectivity index (χ1) is 12.3. The second-order valence-electron chi connectivity index (χ2n) is 7.03. The smallest absolute Gasteiger partial charge is 0.329 e. The monoisotopic (exact) mass is 381 g/mol. The fourth-order valence-electron chi connectivity index (χ4n) is 3.57. The Labute approximate surface area is 155 Å². The van der Waals surface area contributed by atoms with E-state index < -0.39 is 33.0 Å². The Balaban J connectivity index is 1.94. The summed E-state index contributed by atoms with van der Waals surface area (Å²) in [6.45, 7) is 0. The van der Waals surface area contributed by atoms with Crippen molar-refractivity contribution in [3.8, 4) is 0 Å². The van der Waals surface area contributed by atoms with Gasteiger partial charge in [-0.25, -0.2) is 13.2 Å². The number of carbonyl (C=O) groups is 2. The molecule has 0 unspecified atom stereocenters. The van der Waals surface area contributed by atoms with Gasteiger partial charge in [-0.3, -0.25) is 4.79 Å². The maximum atomic E-state index is 12.5. The van der Waals surface area contributed by atoms with Crippen molar-refractivity contribution in [2.45, 2.75) is 50.5 Å². The fourth-order valence-corrected chi connectivity index (χ4v) is 4.86. The molecule has 1 fully saturated rings. The van der Waals surface area contributed by atoms with E-state index in [1.165, 1.54) is 7.05 Å². The Morgan fingerprint density at radius 3 is 2.31 bits per heavy atom. The van der Waals surface area contributed by atoms with E-state index in [1.54, 1.807) is 0 Å². The predicted molar refractivity (Wildman–Crippen MR) is 99.6 cm³/mol. The molecular formula is C19H27NO5S. The SMILES string of the molecule is CN(C(=O)CS(=O)(=O)CCCc1ccccc1)C1(C(=O)O)CCCCC1. The third kappa shape index (κ3) is 5.06. The number of hydrogen-bond donors (Lipinski definition) is 1. The van der Waals surface area contributed by atoms with Crippen LogP contribution in [0.2, 0.25) is 0 Å². The first-order valence-corrected chi connectivity index (χ1v) is 10.8. The number of amides is 1. The average Bonchev–Trinajstić information content (AvgIpc) is 2.61. The van der Waals surface area contributed by atoms with Crippen molar-refractivity contribution in [3.63, 3.8) is 0 Å². The van der Waals surface area contributed by atoms with Crippen LogP contribution >= 0.6 is 0 Å². The van der Waals surface area contributed by atoms with Crippen LogP contribution in [0.3, 0.4) is 0 Å². The highest BCUT2D eigenvalue weighted by Gasteiger charge is 2.45. The van der Waals surface area contributed by atoms with Gasteiger partial charge in [-0.15, -0.1) is 0 Å². The fraction of sp³-hybridized carbons (Fsp3) is 0.579. The highest BCUT2D eigenvalue weighted by molar-refractivity contribution is 7.92. The van der Waals surface area contributed by atoms with E-state index in [1.807, 2.05) is 30.3 Å². The summed E-state index contributed by atoms with van der Waals surface area (Å²) < 4.78 is 24.6. The number of benzene rings is 1. The van der Waals surface area contributed by atoms with Crippen molar-refractivity contribution < 1.29 is 23.1 Å². The normalized spacial score (nSPS) is 16.8. The van der Waals surface area contributed by atoms with Gasteiger partial charge >= 0.3 is 5.97 Å². The molecule has 0 spiro atoms. The van der Waals surface area contributed by atoms with E-state index in [4.69, 9.17) is 0 Å². The molecule has 7 heteroatoms. The number of aliphatic carboxylic acids is 1. The third-order valence-electron chi connectivity index (χ3n) is 5.20. The summed E-state index contributed by atoms with van der Waals surface area (Å²) in [6.07, 6.45) is 4.21. The molecular weight excluding hydrogens is 354 g/mol. The molecule has 2 rings (SSSR count). The van der Waals surface area contributed by atoms with Crippen molar-refractivity contribution in [2.75, 3.05) is 18.6 Å². The molecule has 0 saturated heterocycles. The number of sulfone groups is 1. The lowest BCUT2D eigenvalue weighted by molar-refractivity contribution is -0.159. The van der Waals surface area contributed by atoms with Crippen molar-refractivity contribution in [1.29, 1.82) is 0 Å². The lowest BCUT2D eigenvalue weighted by Crippen LogP contribution is -2.57. The van der Waals surface area contributed by atoms with E-state index in [0.717, 1.165) is 29.7 Å². The van der Waals surface area contributed by atoms with E-state index >= 15 is 0 Å². The number of carbonyl (C=O) groups excluding carboxylic acids is 1. The number of carboxylic acid groups (broad SMARTS) is 1. The van der Waals surface area contributed by atoms with Crippen molar-refractivity contribution in [1.82, 2.24) is 4.90 Å². The predicted octanol–water partition coefficient (Wildman–Crippen LogP) is 2.28. The van der Waals surface area contributed by atoms with Crippen LogP contribution in [0.1, 0.15) is 44.1 Å². The summed E-state index contributed by atoms with van der Waals surface area (Å²) in [7, 11) is -2.15. The topological polar surface area (TPSA) is 91.8 Å². The second kappa shape index (κ2) is 8.66. The zero-order chi connectivity index (χ0) is 19.2. The van der Waals surface area contributed by atoms with Crippen molar-refractivity contribution >= 4 is 21.7 Å². The molecule has 0 aliphatic heterocycles. The van der Waals surface area contributed by atoms with Gasteiger partial charge in [0.1, 0.15) is 11.3 Å². The molecule has 1 aromatic rings. The summed E-state index contributed by atoms with van der Waals surface area (Å²) in [5.41, 5.74) is -0.215. The van der Waals surface area contributed by atoms with Crippen LogP contribution in [0.15, 0.2) is 30.3 Å². The van der Waals surface area contributed by atoms with Gasteiger partial charge in [0.25, 0.3) is 0 Å². The van der Waals surface area contributed by atoms with E-state index in [9.17, 15) is 23.1 Å². The van der Waals surface area contributed by atoms with Gasteiger partial charge in [-0.2, -0.15) is 0 Å². The zero-order valence-corrected chi connectivity index (χ0v) is 16.0. The maximum Gasteiger partial charge on any atom is 0.329 e. The summed E-state index contributed by atoms with van der Waals surface area (Å²) in [5.74, 6) is -2.39. The van der Waals surface area contributed by atoms with Crippen molar-refractivity contribution in [3.05, 3.63) is 35.9 Å². The first kappa shape index (κ1) is 20.4. The Morgan fingerprint density at radius 1 is 1.12 bits per heavy atom. The molecule has 0 bridgehead atoms. The summed E-state index contributed by atoms with van der Waals surface area (Å²) in [4.78, 5) is 25.4. The molecule has 1 saturated carbocycles. The molecule has 0 atom stereocenters. The molecule has 144 valence electrons. The van der Waals surface area contributed by atoms with Gasteiger partial charge in [-0.05, 0) is 31.2 Å². The molecule has 0 heterocycles. The minimum atomic E-state index is -3.57. The quantitative estimate of drug-likeness (QED) is 0.746. The Kier molecular flexibility index (Phi) is 6.81. The molecule has 26 heavy (non-hydrogen) atoms. The number of rotatable bonds is 8. The Hall–Kier alpha value is -1.89. The minimum absolute atomic E-state index is 0.0818. The molecule has 1 amide bonds. The summed E-state index contributed by atoms with van der Waals surface area (Å²) in [6, 6.07) is 9.57. The minimum Gasteiger partial charge on any atom is -0.479 e. The van der Waals surface area contributed by atoms with Gasteiger partial charge in [0.05, 0.1) is 5.75 Å². The van der Waals surface area contributed by atoms with Gasteiger partial charge in [-0.1, -0.05) is 49.6 Å². The van der Waals surface area contributed by atoms with Crippen LogP contribution in [0.25, 0.3) is 0 Å². The molecule has 0 radical (unpaired) electrons. The Morgan fingerprint density at radius 2 is 1.73 bits per heavy atom. The standard InChI is InChI=1S/C19H27NO5S/c1-20(19(18(22)23)12-6-3-7-13-19)17(21)15-26(24,25)14-8-11-16-9-4-2-5-10-16/h2,4-5,9-10H,3,6-8,11-15H2,1H3,(H,22,23). The van der Waals surface area contributed by atoms with Crippen LogP contribution in [-0.2, 0) is 25.8 Å². The number of carboxylic acids is 1. The summed E-state index contributed by atoms with van der Waals surface area (Å²) in [5, 5.41) is 9.63. The van der Waals surface area contributed by atoms with Gasteiger partial charge in [0.15, 0.2) is 9.84 Å². The second-order valence-corrected chi connectivity index (χ2v) is 9.22. The highest BCUT2D eigenvalue weighted by atomic mass is 32.2. The van der Waals surface area contributed by atoms with Crippen LogP contribution < -0.4 is 0 Å².